The Balaban J connectivity index is 2.41. The summed E-state index contributed by atoms with van der Waals surface area (Å²) in [5.41, 5.74) is 1.60. The minimum absolute atomic E-state index is 0.683. The molecule has 0 aliphatic heterocycles. The number of hydrogen-bond acceptors (Lipinski definition) is 5. The van der Waals surface area contributed by atoms with E-state index in [0.29, 0.717) is 4.88 Å². The Labute approximate surface area is 97.6 Å². The van der Waals surface area contributed by atoms with Gasteiger partial charge in [0.15, 0.2) is 0 Å². The van der Waals surface area contributed by atoms with Crippen molar-refractivity contribution in [3.05, 3.63) is 29.2 Å². The van der Waals surface area contributed by atoms with Crippen LogP contribution >= 0.6 is 11.3 Å². The van der Waals surface area contributed by atoms with E-state index in [0.717, 1.165) is 29.2 Å². The average molecular weight is 230 g/mol. The summed E-state index contributed by atoms with van der Waals surface area (Å²) in [6.45, 7) is 2.07. The van der Waals surface area contributed by atoms with E-state index in [1.54, 1.807) is 18.6 Å². The van der Waals surface area contributed by atoms with Crippen molar-refractivity contribution in [3.63, 3.8) is 0 Å². The van der Waals surface area contributed by atoms with Gasteiger partial charge in [-0.2, -0.15) is 5.26 Å². The maximum Gasteiger partial charge on any atom is 0.145 e. The first-order valence-electron chi connectivity index (χ1n) is 5.01. The second-order valence-electron chi connectivity index (χ2n) is 3.25. The maximum absolute atomic E-state index is 8.99. The second kappa shape index (κ2) is 4.81. The highest BCUT2D eigenvalue weighted by Crippen LogP contribution is 2.26. The van der Waals surface area contributed by atoms with Crippen LogP contribution in [0.15, 0.2) is 18.6 Å². The molecule has 0 atom stereocenters. The zero-order chi connectivity index (χ0) is 11.4. The maximum atomic E-state index is 8.99. The number of nitrogens with zero attached hydrogens (tertiary/aromatic N) is 4. The first-order valence-corrected chi connectivity index (χ1v) is 5.83. The highest BCUT2D eigenvalue weighted by atomic mass is 32.1. The molecule has 0 unspecified atom stereocenters. The van der Waals surface area contributed by atoms with Crippen LogP contribution in [0.1, 0.15) is 23.9 Å². The Morgan fingerprint density at radius 1 is 1.44 bits per heavy atom. The lowest BCUT2D eigenvalue weighted by atomic mass is 10.2. The van der Waals surface area contributed by atoms with Crippen LogP contribution in [0.4, 0.5) is 0 Å². The summed E-state index contributed by atoms with van der Waals surface area (Å²) in [5.74, 6) is 0. The van der Waals surface area contributed by atoms with E-state index in [-0.39, 0.29) is 0 Å². The molecule has 5 heteroatoms. The minimum Gasteiger partial charge on any atom is -0.261 e. The topological polar surface area (TPSA) is 62.5 Å². The largest absolute Gasteiger partial charge is 0.261 e. The van der Waals surface area contributed by atoms with Crippen LogP contribution in [0.3, 0.4) is 0 Å². The second-order valence-corrected chi connectivity index (χ2v) is 4.25. The summed E-state index contributed by atoms with van der Waals surface area (Å²) < 4.78 is 0. The zero-order valence-electron chi connectivity index (χ0n) is 8.84. The van der Waals surface area contributed by atoms with Crippen LogP contribution < -0.4 is 0 Å². The van der Waals surface area contributed by atoms with Crippen molar-refractivity contribution in [1.29, 1.82) is 5.26 Å². The SMILES string of the molecule is CCCc1nc(-c2cnccn2)sc1C#N. The van der Waals surface area contributed by atoms with Gasteiger partial charge in [0.2, 0.25) is 0 Å². The molecule has 4 nitrogen and oxygen atoms in total. The number of thiazole rings is 1. The quantitative estimate of drug-likeness (QED) is 0.812. The van der Waals surface area contributed by atoms with Gasteiger partial charge in [-0.25, -0.2) is 4.98 Å². The van der Waals surface area contributed by atoms with Crippen molar-refractivity contribution in [2.45, 2.75) is 19.8 Å². The number of nitriles is 1. The number of rotatable bonds is 3. The molecular formula is C11H10N4S. The van der Waals surface area contributed by atoms with Gasteiger partial charge >= 0.3 is 0 Å². The lowest BCUT2D eigenvalue weighted by Crippen LogP contribution is -1.87. The Bertz CT molecular complexity index is 513. The van der Waals surface area contributed by atoms with Gasteiger partial charge in [-0.1, -0.05) is 13.3 Å². The van der Waals surface area contributed by atoms with E-state index in [1.807, 2.05) is 0 Å². The van der Waals surface area contributed by atoms with Crippen molar-refractivity contribution in [2.24, 2.45) is 0 Å². The molecule has 16 heavy (non-hydrogen) atoms. The van der Waals surface area contributed by atoms with Gasteiger partial charge in [-0.3, -0.25) is 9.97 Å². The van der Waals surface area contributed by atoms with Crippen LogP contribution in [0.2, 0.25) is 0 Å². The fraction of sp³-hybridized carbons (Fsp3) is 0.273. The summed E-state index contributed by atoms with van der Waals surface area (Å²) in [6, 6.07) is 2.18. The molecule has 2 rings (SSSR count). The van der Waals surface area contributed by atoms with Gasteiger partial charge in [-0.05, 0) is 6.42 Å². The smallest absolute Gasteiger partial charge is 0.145 e. The molecule has 0 bridgehead atoms. The highest BCUT2D eigenvalue weighted by molar-refractivity contribution is 7.15. The molecule has 0 radical (unpaired) electrons. The molecule has 2 aromatic heterocycles. The third-order valence-electron chi connectivity index (χ3n) is 2.07. The van der Waals surface area contributed by atoms with E-state index < -0.39 is 0 Å². The highest BCUT2D eigenvalue weighted by Gasteiger charge is 2.12. The van der Waals surface area contributed by atoms with Crippen LogP contribution in [0.25, 0.3) is 10.7 Å². The monoisotopic (exact) mass is 230 g/mol. The minimum atomic E-state index is 0.683. The van der Waals surface area contributed by atoms with Gasteiger partial charge in [0.25, 0.3) is 0 Å². The molecule has 0 saturated carbocycles. The molecule has 0 amide bonds. The Morgan fingerprint density at radius 3 is 2.94 bits per heavy atom. The van der Waals surface area contributed by atoms with Gasteiger partial charge in [0, 0.05) is 12.4 Å². The van der Waals surface area contributed by atoms with E-state index >= 15 is 0 Å². The molecule has 0 aliphatic carbocycles. The Kier molecular flexibility index (Phi) is 3.22. The van der Waals surface area contributed by atoms with Crippen molar-refractivity contribution in [3.8, 4) is 16.8 Å². The summed E-state index contributed by atoms with van der Waals surface area (Å²) in [6.07, 6.45) is 6.73. The number of aryl methyl sites for hydroxylation is 1. The zero-order valence-corrected chi connectivity index (χ0v) is 9.66. The Morgan fingerprint density at radius 2 is 2.31 bits per heavy atom. The third-order valence-corrected chi connectivity index (χ3v) is 3.09. The standard InChI is InChI=1S/C11H10N4S/c1-2-3-8-10(6-12)16-11(15-8)9-7-13-4-5-14-9/h4-5,7H,2-3H2,1H3. The molecule has 80 valence electrons. The third kappa shape index (κ3) is 2.07. The van der Waals surface area contributed by atoms with Gasteiger partial charge in [-0.15, -0.1) is 11.3 Å². The van der Waals surface area contributed by atoms with E-state index in [1.165, 1.54) is 11.3 Å². The molecule has 0 aliphatic rings. The van der Waals surface area contributed by atoms with Gasteiger partial charge in [0.05, 0.1) is 11.9 Å². The first-order chi connectivity index (χ1) is 7.85. The Hall–Kier alpha value is -1.80. The molecule has 2 aromatic rings. The average Bonchev–Trinajstić information content (AvgIpc) is 2.74. The fourth-order valence-corrected chi connectivity index (χ4v) is 2.23. The van der Waals surface area contributed by atoms with Crippen molar-refractivity contribution < 1.29 is 0 Å². The van der Waals surface area contributed by atoms with Crippen LogP contribution in [0.5, 0.6) is 0 Å². The summed E-state index contributed by atoms with van der Waals surface area (Å²) in [4.78, 5) is 13.3. The van der Waals surface area contributed by atoms with Crippen molar-refractivity contribution >= 4 is 11.3 Å². The normalized spacial score (nSPS) is 10.0. The molecule has 0 N–H and O–H groups in total. The molecule has 0 fully saturated rings. The van der Waals surface area contributed by atoms with Crippen molar-refractivity contribution in [2.75, 3.05) is 0 Å². The summed E-state index contributed by atoms with van der Waals surface area (Å²) >= 11 is 1.38. The van der Waals surface area contributed by atoms with E-state index in [9.17, 15) is 0 Å². The first kappa shape index (κ1) is 10.7. The molecule has 0 saturated heterocycles. The van der Waals surface area contributed by atoms with E-state index in [4.69, 9.17) is 5.26 Å². The lowest BCUT2D eigenvalue weighted by molar-refractivity contribution is 0.890. The fourth-order valence-electron chi connectivity index (χ4n) is 1.36. The van der Waals surface area contributed by atoms with Crippen LogP contribution in [-0.2, 0) is 6.42 Å². The summed E-state index contributed by atoms with van der Waals surface area (Å²) in [5, 5.41) is 9.76. The van der Waals surface area contributed by atoms with Crippen LogP contribution in [0, 0.1) is 11.3 Å². The van der Waals surface area contributed by atoms with Gasteiger partial charge in [0.1, 0.15) is 21.6 Å². The van der Waals surface area contributed by atoms with Crippen LogP contribution in [-0.4, -0.2) is 15.0 Å². The predicted molar refractivity (Wildman–Crippen MR) is 61.9 cm³/mol. The van der Waals surface area contributed by atoms with Crippen molar-refractivity contribution in [1.82, 2.24) is 15.0 Å². The van der Waals surface area contributed by atoms with Gasteiger partial charge < -0.3 is 0 Å². The molecule has 0 aromatic carbocycles. The predicted octanol–water partition coefficient (Wildman–Crippen LogP) is 2.42. The van der Waals surface area contributed by atoms with E-state index in [2.05, 4.69) is 27.9 Å². The number of aromatic nitrogens is 3. The molecule has 2 heterocycles. The summed E-state index contributed by atoms with van der Waals surface area (Å²) in [7, 11) is 0. The molecular weight excluding hydrogens is 220 g/mol. The molecule has 0 spiro atoms. The lowest BCUT2D eigenvalue weighted by Gasteiger charge is -1.92. The number of hydrogen-bond donors (Lipinski definition) is 0.